The van der Waals surface area contributed by atoms with Crippen LogP contribution in [0, 0.1) is 0 Å². The molecule has 1 aromatic rings. The zero-order valence-electron chi connectivity index (χ0n) is 10.6. The summed E-state index contributed by atoms with van der Waals surface area (Å²) in [7, 11) is 4.05. The van der Waals surface area contributed by atoms with Crippen molar-refractivity contribution in [1.29, 1.82) is 0 Å². The highest BCUT2D eigenvalue weighted by molar-refractivity contribution is 5.33. The van der Waals surface area contributed by atoms with Gasteiger partial charge in [0.25, 0.3) is 0 Å². The Hall–Kier alpha value is -1.10. The topological polar surface area (TPSA) is 44.7 Å². The van der Waals surface area contributed by atoms with Gasteiger partial charge in [0.1, 0.15) is 12.4 Å². The molecule has 0 heterocycles. The minimum atomic E-state index is 0.156. The summed E-state index contributed by atoms with van der Waals surface area (Å²) in [5.74, 6) is 0.916. The molecule has 0 atom stereocenters. The van der Waals surface area contributed by atoms with Crippen LogP contribution in [0.4, 0.5) is 0 Å². The lowest BCUT2D eigenvalue weighted by Gasteiger charge is -2.14. The second-order valence-corrected chi connectivity index (χ2v) is 4.16. The number of hydrogen-bond acceptors (Lipinski definition) is 4. The number of rotatable bonds is 8. The number of likely N-dealkylation sites (N-methyl/N-ethyl adjacent to an activating group) is 1. The minimum absolute atomic E-state index is 0.156. The lowest BCUT2D eigenvalue weighted by Crippen LogP contribution is -2.21. The molecule has 0 amide bonds. The van der Waals surface area contributed by atoms with E-state index in [2.05, 4.69) is 10.2 Å². The molecule has 1 aromatic carbocycles. The molecule has 0 radical (unpaired) electrons. The summed E-state index contributed by atoms with van der Waals surface area (Å²) in [5, 5.41) is 11.9. The van der Waals surface area contributed by atoms with Gasteiger partial charge < -0.3 is 20.1 Å². The van der Waals surface area contributed by atoms with Crippen LogP contribution in [0.2, 0.25) is 0 Å². The molecule has 0 spiro atoms. The summed E-state index contributed by atoms with van der Waals surface area (Å²) in [5.41, 5.74) is 1.12. The highest BCUT2D eigenvalue weighted by Gasteiger charge is 2.02. The van der Waals surface area contributed by atoms with Crippen LogP contribution >= 0.6 is 0 Å². The van der Waals surface area contributed by atoms with Crippen molar-refractivity contribution in [1.82, 2.24) is 10.2 Å². The summed E-state index contributed by atoms with van der Waals surface area (Å²) >= 11 is 0. The van der Waals surface area contributed by atoms with E-state index in [0.29, 0.717) is 13.2 Å². The molecule has 4 nitrogen and oxygen atoms in total. The Labute approximate surface area is 103 Å². The molecule has 0 aromatic heterocycles. The lowest BCUT2D eigenvalue weighted by molar-refractivity contribution is 0.258. The number of ether oxygens (including phenoxy) is 1. The molecule has 2 N–H and O–H groups in total. The largest absolute Gasteiger partial charge is 0.492 e. The number of nitrogens with one attached hydrogen (secondary N) is 1. The zero-order valence-corrected chi connectivity index (χ0v) is 10.6. The van der Waals surface area contributed by atoms with E-state index in [9.17, 15) is 0 Å². The fourth-order valence-electron chi connectivity index (χ4n) is 1.43. The van der Waals surface area contributed by atoms with Crippen molar-refractivity contribution in [3.05, 3.63) is 29.8 Å². The minimum Gasteiger partial charge on any atom is -0.492 e. The molecule has 0 fully saturated rings. The van der Waals surface area contributed by atoms with Gasteiger partial charge in [0.2, 0.25) is 0 Å². The number of benzene rings is 1. The van der Waals surface area contributed by atoms with E-state index in [4.69, 9.17) is 9.84 Å². The predicted molar refractivity (Wildman–Crippen MR) is 69.3 cm³/mol. The van der Waals surface area contributed by atoms with Gasteiger partial charge >= 0.3 is 0 Å². The molecule has 0 bridgehead atoms. The van der Waals surface area contributed by atoms with Crippen molar-refractivity contribution in [3.8, 4) is 5.75 Å². The van der Waals surface area contributed by atoms with Crippen LogP contribution in [0.25, 0.3) is 0 Å². The maximum absolute atomic E-state index is 8.72. The van der Waals surface area contributed by atoms with E-state index in [-0.39, 0.29) is 6.61 Å². The Bertz CT molecular complexity index is 316. The van der Waals surface area contributed by atoms with E-state index in [1.54, 1.807) is 0 Å². The number of para-hydroxylation sites is 1. The van der Waals surface area contributed by atoms with Crippen molar-refractivity contribution < 1.29 is 9.84 Å². The van der Waals surface area contributed by atoms with E-state index < -0.39 is 0 Å². The SMILES string of the molecule is CN(C)CCOc1ccccc1CNCCO. The maximum Gasteiger partial charge on any atom is 0.123 e. The van der Waals surface area contributed by atoms with Gasteiger partial charge in [-0.15, -0.1) is 0 Å². The molecule has 96 valence electrons. The molecule has 17 heavy (non-hydrogen) atoms. The van der Waals surface area contributed by atoms with Crippen LogP contribution < -0.4 is 10.1 Å². The highest BCUT2D eigenvalue weighted by atomic mass is 16.5. The maximum atomic E-state index is 8.72. The monoisotopic (exact) mass is 238 g/mol. The molecular formula is C13H22N2O2. The van der Waals surface area contributed by atoms with Crippen molar-refractivity contribution >= 4 is 0 Å². The molecule has 0 saturated carbocycles. The smallest absolute Gasteiger partial charge is 0.123 e. The molecular weight excluding hydrogens is 216 g/mol. The Morgan fingerprint density at radius 2 is 2.06 bits per heavy atom. The Balaban J connectivity index is 2.46. The first-order chi connectivity index (χ1) is 8.24. The van der Waals surface area contributed by atoms with Crippen LogP contribution in [0.15, 0.2) is 24.3 Å². The standard InChI is InChI=1S/C13H22N2O2/c1-15(2)8-10-17-13-6-4-3-5-12(13)11-14-7-9-16/h3-6,14,16H,7-11H2,1-2H3. The summed E-state index contributed by atoms with van der Waals surface area (Å²) in [6.45, 7) is 3.07. The van der Waals surface area contributed by atoms with Crippen molar-refractivity contribution in [2.24, 2.45) is 0 Å². The molecule has 0 aliphatic rings. The van der Waals surface area contributed by atoms with Crippen LogP contribution in [-0.2, 0) is 6.54 Å². The lowest BCUT2D eigenvalue weighted by atomic mass is 10.2. The van der Waals surface area contributed by atoms with Gasteiger partial charge in [-0.05, 0) is 20.2 Å². The van der Waals surface area contributed by atoms with E-state index in [1.165, 1.54) is 0 Å². The van der Waals surface area contributed by atoms with Gasteiger partial charge in [0, 0.05) is 25.2 Å². The predicted octanol–water partition coefficient (Wildman–Crippen LogP) is 0.709. The number of aliphatic hydroxyl groups excluding tert-OH is 1. The molecule has 1 rings (SSSR count). The van der Waals surface area contributed by atoms with Gasteiger partial charge in [-0.2, -0.15) is 0 Å². The van der Waals surface area contributed by atoms with Gasteiger partial charge in [-0.1, -0.05) is 18.2 Å². The molecule has 4 heteroatoms. The Kier molecular flexibility index (Phi) is 6.62. The third-order valence-corrected chi connectivity index (χ3v) is 2.37. The van der Waals surface area contributed by atoms with Gasteiger partial charge in [-0.3, -0.25) is 0 Å². The van der Waals surface area contributed by atoms with Crippen molar-refractivity contribution in [3.63, 3.8) is 0 Å². The summed E-state index contributed by atoms with van der Waals surface area (Å²) in [6, 6.07) is 7.98. The average Bonchev–Trinajstić information content (AvgIpc) is 2.31. The average molecular weight is 238 g/mol. The second-order valence-electron chi connectivity index (χ2n) is 4.16. The van der Waals surface area contributed by atoms with E-state index >= 15 is 0 Å². The van der Waals surface area contributed by atoms with Crippen LogP contribution in [0.5, 0.6) is 5.75 Å². The summed E-state index contributed by atoms with van der Waals surface area (Å²) in [4.78, 5) is 2.09. The third-order valence-electron chi connectivity index (χ3n) is 2.37. The first kappa shape index (κ1) is 14.0. The molecule has 0 saturated heterocycles. The van der Waals surface area contributed by atoms with Crippen LogP contribution in [0.1, 0.15) is 5.56 Å². The van der Waals surface area contributed by atoms with Gasteiger partial charge in [-0.25, -0.2) is 0 Å². The molecule has 0 aliphatic heterocycles. The summed E-state index contributed by atoms with van der Waals surface area (Å²) < 4.78 is 5.73. The zero-order chi connectivity index (χ0) is 12.5. The summed E-state index contributed by atoms with van der Waals surface area (Å²) in [6.07, 6.45) is 0. The number of nitrogens with zero attached hydrogens (tertiary/aromatic N) is 1. The number of hydrogen-bond donors (Lipinski definition) is 2. The first-order valence-electron chi connectivity index (χ1n) is 5.91. The first-order valence-corrected chi connectivity index (χ1v) is 5.91. The second kappa shape index (κ2) is 8.06. The normalized spacial score (nSPS) is 10.8. The Morgan fingerprint density at radius 3 is 2.76 bits per heavy atom. The number of aliphatic hydroxyl groups is 1. The van der Waals surface area contributed by atoms with E-state index in [1.807, 2.05) is 38.4 Å². The molecule has 0 aliphatic carbocycles. The van der Waals surface area contributed by atoms with Gasteiger partial charge in [0.15, 0.2) is 0 Å². The van der Waals surface area contributed by atoms with Crippen LogP contribution in [-0.4, -0.2) is 50.4 Å². The molecule has 0 unspecified atom stereocenters. The van der Waals surface area contributed by atoms with Crippen LogP contribution in [0.3, 0.4) is 0 Å². The fraction of sp³-hybridized carbons (Fsp3) is 0.538. The van der Waals surface area contributed by atoms with Crippen molar-refractivity contribution in [2.45, 2.75) is 6.54 Å². The third kappa shape index (κ3) is 5.68. The Morgan fingerprint density at radius 1 is 1.29 bits per heavy atom. The quantitative estimate of drug-likeness (QED) is 0.655. The fourth-order valence-corrected chi connectivity index (χ4v) is 1.43. The van der Waals surface area contributed by atoms with Crippen molar-refractivity contribution in [2.75, 3.05) is 40.4 Å². The van der Waals surface area contributed by atoms with E-state index in [0.717, 1.165) is 24.4 Å². The van der Waals surface area contributed by atoms with Gasteiger partial charge in [0.05, 0.1) is 6.61 Å². The highest BCUT2D eigenvalue weighted by Crippen LogP contribution is 2.17.